The molecule has 0 aliphatic carbocycles. The molecule has 0 amide bonds. The van der Waals surface area contributed by atoms with Crippen LogP contribution in [0.25, 0.3) is 0 Å². The maximum absolute atomic E-state index is 5.39. The molecule has 0 spiro atoms. The lowest BCUT2D eigenvalue weighted by molar-refractivity contribution is 0.109. The summed E-state index contributed by atoms with van der Waals surface area (Å²) in [6.07, 6.45) is 4.87. The van der Waals surface area contributed by atoms with Gasteiger partial charge in [0, 0.05) is 26.4 Å². The van der Waals surface area contributed by atoms with Crippen LogP contribution in [0.4, 0.5) is 0 Å². The van der Waals surface area contributed by atoms with Gasteiger partial charge in [0.15, 0.2) is 0 Å². The highest BCUT2D eigenvalue weighted by Gasteiger charge is 1.95. The van der Waals surface area contributed by atoms with Crippen LogP contribution in [0.5, 0.6) is 0 Å². The molecule has 1 rings (SSSR count). The van der Waals surface area contributed by atoms with Gasteiger partial charge in [0.25, 0.3) is 0 Å². The molecule has 4 heteroatoms. The van der Waals surface area contributed by atoms with Gasteiger partial charge in [-0.05, 0) is 19.3 Å². The molecular weight excluding hydrogens is 182 g/mol. The molecule has 4 nitrogen and oxygen atoms in total. The summed E-state index contributed by atoms with van der Waals surface area (Å²) in [6, 6.07) is 1.81. The first-order valence-electron chi connectivity index (χ1n) is 4.89. The molecule has 0 aliphatic rings. The largest absolute Gasteiger partial charge is 0.385 e. The summed E-state index contributed by atoms with van der Waals surface area (Å²) in [7, 11) is 1.72. The van der Waals surface area contributed by atoms with Gasteiger partial charge in [-0.15, -0.1) is 0 Å². The number of rotatable bonds is 8. The van der Waals surface area contributed by atoms with E-state index in [1.807, 2.05) is 6.07 Å². The summed E-state index contributed by atoms with van der Waals surface area (Å²) in [4.78, 5) is 0. The fourth-order valence-corrected chi connectivity index (χ4v) is 1.12. The lowest BCUT2D eigenvalue weighted by Crippen LogP contribution is -1.97. The third-order valence-corrected chi connectivity index (χ3v) is 1.88. The number of hydrogen-bond acceptors (Lipinski definition) is 4. The smallest absolute Gasteiger partial charge is 0.124 e. The number of methoxy groups -OCH3 is 1. The Morgan fingerprint density at radius 2 is 2.14 bits per heavy atom. The monoisotopic (exact) mass is 199 g/mol. The Hall–Kier alpha value is -0.870. The van der Waals surface area contributed by atoms with Crippen LogP contribution in [-0.4, -0.2) is 25.5 Å². The zero-order valence-corrected chi connectivity index (χ0v) is 8.57. The Morgan fingerprint density at radius 1 is 1.29 bits per heavy atom. The fourth-order valence-electron chi connectivity index (χ4n) is 1.12. The van der Waals surface area contributed by atoms with Crippen LogP contribution < -0.4 is 0 Å². The normalized spacial score (nSPS) is 10.6. The fraction of sp³-hybridized carbons (Fsp3) is 0.700. The molecule has 0 fully saturated rings. The van der Waals surface area contributed by atoms with Crippen molar-refractivity contribution in [2.75, 3.05) is 20.3 Å². The number of nitrogens with zero attached hydrogens (tertiary/aromatic N) is 1. The second-order valence-electron chi connectivity index (χ2n) is 3.10. The first-order chi connectivity index (χ1) is 6.93. The Bertz CT molecular complexity index is 211. The van der Waals surface area contributed by atoms with Crippen LogP contribution in [0.1, 0.15) is 25.0 Å². The number of unbranched alkanes of at least 4 members (excludes halogenated alkanes) is 2. The summed E-state index contributed by atoms with van der Waals surface area (Å²) >= 11 is 0. The third-order valence-electron chi connectivity index (χ3n) is 1.88. The highest BCUT2D eigenvalue weighted by molar-refractivity contribution is 4.92. The van der Waals surface area contributed by atoms with Crippen molar-refractivity contribution in [1.29, 1.82) is 0 Å². The molecule has 0 atom stereocenters. The van der Waals surface area contributed by atoms with Crippen LogP contribution in [-0.2, 0) is 16.1 Å². The Kier molecular flexibility index (Phi) is 6.02. The minimum atomic E-state index is 0.542. The van der Waals surface area contributed by atoms with E-state index in [9.17, 15) is 0 Å². The SMILES string of the molecule is COCCCCCOCc1ccon1. The summed E-state index contributed by atoms with van der Waals surface area (Å²) in [6.45, 7) is 2.15. The van der Waals surface area contributed by atoms with Crippen molar-refractivity contribution in [3.63, 3.8) is 0 Å². The Labute approximate surface area is 84.2 Å². The highest BCUT2D eigenvalue weighted by Crippen LogP contribution is 2.00. The molecule has 0 saturated heterocycles. The van der Waals surface area contributed by atoms with E-state index in [-0.39, 0.29) is 0 Å². The van der Waals surface area contributed by atoms with Crippen molar-refractivity contribution in [3.8, 4) is 0 Å². The van der Waals surface area contributed by atoms with Gasteiger partial charge in [0.2, 0.25) is 0 Å². The van der Waals surface area contributed by atoms with Crippen molar-refractivity contribution in [2.45, 2.75) is 25.9 Å². The molecule has 80 valence electrons. The molecule has 14 heavy (non-hydrogen) atoms. The van der Waals surface area contributed by atoms with Gasteiger partial charge >= 0.3 is 0 Å². The molecule has 0 unspecified atom stereocenters. The first-order valence-corrected chi connectivity index (χ1v) is 4.89. The van der Waals surface area contributed by atoms with Crippen LogP contribution >= 0.6 is 0 Å². The van der Waals surface area contributed by atoms with Gasteiger partial charge in [0.05, 0.1) is 6.61 Å². The average Bonchev–Trinajstić information content (AvgIpc) is 2.69. The predicted octanol–water partition coefficient (Wildman–Crippen LogP) is 2.01. The van der Waals surface area contributed by atoms with Crippen molar-refractivity contribution in [3.05, 3.63) is 18.0 Å². The van der Waals surface area contributed by atoms with Crippen LogP contribution in [0, 0.1) is 0 Å². The average molecular weight is 199 g/mol. The molecule has 0 radical (unpaired) electrons. The Morgan fingerprint density at radius 3 is 2.86 bits per heavy atom. The molecule has 0 aliphatic heterocycles. The van der Waals surface area contributed by atoms with Gasteiger partial charge in [0.1, 0.15) is 12.0 Å². The van der Waals surface area contributed by atoms with Crippen molar-refractivity contribution in [1.82, 2.24) is 5.16 Å². The lowest BCUT2D eigenvalue weighted by atomic mass is 10.2. The summed E-state index contributed by atoms with van der Waals surface area (Å²) in [5.41, 5.74) is 0.849. The minimum absolute atomic E-state index is 0.542. The maximum atomic E-state index is 5.39. The van der Waals surface area contributed by atoms with E-state index in [4.69, 9.17) is 9.47 Å². The molecule has 1 aromatic rings. The van der Waals surface area contributed by atoms with E-state index in [1.165, 1.54) is 0 Å². The van der Waals surface area contributed by atoms with Gasteiger partial charge < -0.3 is 14.0 Å². The zero-order chi connectivity index (χ0) is 10.1. The molecule has 0 saturated carbocycles. The predicted molar refractivity (Wildman–Crippen MR) is 51.9 cm³/mol. The summed E-state index contributed by atoms with van der Waals surface area (Å²) < 4.78 is 15.0. The van der Waals surface area contributed by atoms with Crippen LogP contribution in [0.3, 0.4) is 0 Å². The summed E-state index contributed by atoms with van der Waals surface area (Å²) in [5, 5.41) is 3.74. The minimum Gasteiger partial charge on any atom is -0.385 e. The topological polar surface area (TPSA) is 44.5 Å². The molecule has 1 heterocycles. The zero-order valence-electron chi connectivity index (χ0n) is 8.57. The van der Waals surface area contributed by atoms with E-state index in [1.54, 1.807) is 13.4 Å². The second-order valence-corrected chi connectivity index (χ2v) is 3.10. The summed E-state index contributed by atoms with van der Waals surface area (Å²) in [5.74, 6) is 0. The van der Waals surface area contributed by atoms with E-state index in [0.717, 1.165) is 38.2 Å². The number of ether oxygens (including phenoxy) is 2. The van der Waals surface area contributed by atoms with E-state index < -0.39 is 0 Å². The first kappa shape index (κ1) is 11.2. The van der Waals surface area contributed by atoms with Crippen LogP contribution in [0.15, 0.2) is 16.9 Å². The van der Waals surface area contributed by atoms with Gasteiger partial charge in [-0.1, -0.05) is 5.16 Å². The third kappa shape index (κ3) is 4.99. The number of hydrogen-bond donors (Lipinski definition) is 0. The quantitative estimate of drug-likeness (QED) is 0.601. The molecule has 0 bridgehead atoms. The second kappa shape index (κ2) is 7.53. The maximum Gasteiger partial charge on any atom is 0.124 e. The van der Waals surface area contributed by atoms with E-state index in [2.05, 4.69) is 9.68 Å². The standard InChI is InChI=1S/C10H17NO3/c1-12-6-3-2-4-7-13-9-10-5-8-14-11-10/h5,8H,2-4,6-7,9H2,1H3. The van der Waals surface area contributed by atoms with Gasteiger partial charge in [-0.25, -0.2) is 0 Å². The molecule has 0 aromatic carbocycles. The lowest BCUT2D eigenvalue weighted by Gasteiger charge is -2.01. The van der Waals surface area contributed by atoms with Crippen molar-refractivity contribution < 1.29 is 14.0 Å². The number of aromatic nitrogens is 1. The molecule has 0 N–H and O–H groups in total. The van der Waals surface area contributed by atoms with Crippen LogP contribution in [0.2, 0.25) is 0 Å². The van der Waals surface area contributed by atoms with Gasteiger partial charge in [-0.3, -0.25) is 0 Å². The van der Waals surface area contributed by atoms with E-state index >= 15 is 0 Å². The van der Waals surface area contributed by atoms with E-state index in [0.29, 0.717) is 6.61 Å². The Balaban J connectivity index is 1.85. The molecule has 1 aromatic heterocycles. The molecular formula is C10H17NO3. The van der Waals surface area contributed by atoms with Crippen molar-refractivity contribution >= 4 is 0 Å². The highest BCUT2D eigenvalue weighted by atomic mass is 16.5. The van der Waals surface area contributed by atoms with Gasteiger partial charge in [-0.2, -0.15) is 0 Å². The van der Waals surface area contributed by atoms with Crippen molar-refractivity contribution in [2.24, 2.45) is 0 Å².